The number of pyridine rings is 1. The molecular formula is C32H45N3O6. The second-order valence-corrected chi connectivity index (χ2v) is 13.1. The quantitative estimate of drug-likeness (QED) is 0.507. The Kier molecular flexibility index (Phi) is 9.14. The molecule has 224 valence electrons. The standard InChI is InChI=1S/C32H45N3O6/c1-8-21-17-33-27-24-15-20(12-13-23(21)24)11-10-14-32(6,7)19-40-30(38)34-26(31(3,4)5)28(36)35-18-22(41-27)16-25(35)29(37)39-9-2/h12-13,15,17,22,25-26H,8-11,14,16,18-19H2,1-7H3,(H,34,38)/t22-,25+,26-/m1/s1. The van der Waals surface area contributed by atoms with Crippen molar-refractivity contribution >= 4 is 28.7 Å². The van der Waals surface area contributed by atoms with Crippen molar-refractivity contribution in [2.45, 2.75) is 98.8 Å². The van der Waals surface area contributed by atoms with Crippen LogP contribution in [-0.2, 0) is 31.9 Å². The van der Waals surface area contributed by atoms with E-state index in [1.807, 2.05) is 27.0 Å². The minimum absolute atomic E-state index is 0.164. The topological polar surface area (TPSA) is 107 Å². The van der Waals surface area contributed by atoms with E-state index in [2.05, 4.69) is 49.3 Å². The maximum atomic E-state index is 14.0. The van der Waals surface area contributed by atoms with E-state index in [9.17, 15) is 14.4 Å². The zero-order valence-electron chi connectivity index (χ0n) is 25.5. The molecule has 1 N–H and O–H groups in total. The summed E-state index contributed by atoms with van der Waals surface area (Å²) in [7, 11) is 0. The molecule has 1 aromatic heterocycles. The average molecular weight is 568 g/mol. The molecule has 4 rings (SSSR count). The van der Waals surface area contributed by atoms with Crippen molar-refractivity contribution in [1.29, 1.82) is 0 Å². The Labute approximate surface area is 243 Å². The average Bonchev–Trinajstić information content (AvgIpc) is 3.33. The highest BCUT2D eigenvalue weighted by Gasteiger charge is 2.46. The third-order valence-electron chi connectivity index (χ3n) is 8.05. The van der Waals surface area contributed by atoms with Crippen LogP contribution >= 0.6 is 0 Å². The Balaban J connectivity index is 1.77. The summed E-state index contributed by atoms with van der Waals surface area (Å²) >= 11 is 0. The van der Waals surface area contributed by atoms with Crippen molar-refractivity contribution in [2.75, 3.05) is 19.8 Å². The summed E-state index contributed by atoms with van der Waals surface area (Å²) in [6.07, 6.45) is 4.46. The van der Waals surface area contributed by atoms with Crippen LogP contribution in [0.25, 0.3) is 10.8 Å². The zero-order valence-corrected chi connectivity index (χ0v) is 25.5. The molecular weight excluding hydrogens is 522 g/mol. The molecule has 1 aromatic carbocycles. The molecule has 1 fully saturated rings. The lowest BCUT2D eigenvalue weighted by Crippen LogP contribution is -2.57. The summed E-state index contributed by atoms with van der Waals surface area (Å²) in [5.41, 5.74) is 1.42. The second kappa shape index (κ2) is 12.2. The van der Waals surface area contributed by atoms with Gasteiger partial charge in [-0.2, -0.15) is 0 Å². The maximum Gasteiger partial charge on any atom is 0.407 e. The van der Waals surface area contributed by atoms with E-state index in [1.165, 1.54) is 10.5 Å². The SMILES string of the molecule is CCOC(=O)[C@@H]1C[C@@H]2CN1C(=O)[C@H](C(C)(C)C)NC(=O)OCC(C)(C)CCCc1ccc3c(CC)cnc(c3c1)O2. The Morgan fingerprint density at radius 2 is 1.95 bits per heavy atom. The third kappa shape index (κ3) is 7.11. The number of hydrogen-bond donors (Lipinski definition) is 1. The van der Waals surface area contributed by atoms with Gasteiger partial charge in [-0.25, -0.2) is 14.6 Å². The van der Waals surface area contributed by atoms with Gasteiger partial charge in [0.15, 0.2) is 0 Å². The van der Waals surface area contributed by atoms with Crippen molar-refractivity contribution in [3.63, 3.8) is 0 Å². The lowest BCUT2D eigenvalue weighted by atomic mass is 9.85. The number of benzene rings is 1. The molecule has 9 nitrogen and oxygen atoms in total. The largest absolute Gasteiger partial charge is 0.472 e. The first kappa shape index (κ1) is 30.6. The van der Waals surface area contributed by atoms with Crippen molar-refractivity contribution < 1.29 is 28.6 Å². The molecule has 0 aliphatic carbocycles. The number of aromatic nitrogens is 1. The van der Waals surface area contributed by atoms with Crippen LogP contribution in [0, 0.1) is 10.8 Å². The second-order valence-electron chi connectivity index (χ2n) is 13.1. The summed E-state index contributed by atoms with van der Waals surface area (Å²) in [5.74, 6) is -0.367. The Hall–Kier alpha value is -3.36. The number of amides is 2. The zero-order chi connectivity index (χ0) is 29.9. The monoisotopic (exact) mass is 567 g/mol. The van der Waals surface area contributed by atoms with Gasteiger partial charge in [0.25, 0.3) is 0 Å². The molecule has 3 heterocycles. The first-order valence-corrected chi connectivity index (χ1v) is 14.8. The molecule has 4 bridgehead atoms. The van der Waals surface area contributed by atoms with Crippen molar-refractivity contribution in [3.05, 3.63) is 35.5 Å². The Morgan fingerprint density at radius 3 is 2.63 bits per heavy atom. The summed E-state index contributed by atoms with van der Waals surface area (Å²) in [5, 5.41) is 4.82. The molecule has 0 unspecified atom stereocenters. The highest BCUT2D eigenvalue weighted by molar-refractivity contribution is 5.92. The van der Waals surface area contributed by atoms with Crippen molar-refractivity contribution in [3.8, 4) is 5.88 Å². The number of hydrogen-bond acceptors (Lipinski definition) is 7. The normalized spacial score (nSPS) is 23.8. The van der Waals surface area contributed by atoms with Gasteiger partial charge in [-0.1, -0.05) is 53.7 Å². The molecule has 2 aliphatic rings. The van der Waals surface area contributed by atoms with E-state index in [0.717, 1.165) is 42.0 Å². The molecule has 0 spiro atoms. The fraction of sp³-hybridized carbons (Fsp3) is 0.625. The summed E-state index contributed by atoms with van der Waals surface area (Å²) in [6, 6.07) is 4.67. The van der Waals surface area contributed by atoms with Gasteiger partial charge >= 0.3 is 12.1 Å². The van der Waals surface area contributed by atoms with E-state index in [0.29, 0.717) is 5.88 Å². The summed E-state index contributed by atoms with van der Waals surface area (Å²) < 4.78 is 17.5. The van der Waals surface area contributed by atoms with Crippen molar-refractivity contribution in [1.82, 2.24) is 15.2 Å². The molecule has 2 aliphatic heterocycles. The predicted octanol–water partition coefficient (Wildman–Crippen LogP) is 5.21. The van der Waals surface area contributed by atoms with Gasteiger partial charge in [-0.3, -0.25) is 4.79 Å². The van der Waals surface area contributed by atoms with Gasteiger partial charge in [0.1, 0.15) is 18.2 Å². The van der Waals surface area contributed by atoms with Gasteiger partial charge in [-0.15, -0.1) is 0 Å². The van der Waals surface area contributed by atoms with E-state index in [1.54, 1.807) is 6.92 Å². The number of fused-ring (bicyclic) bond motifs is 3. The van der Waals surface area contributed by atoms with E-state index in [-0.39, 0.29) is 37.5 Å². The van der Waals surface area contributed by atoms with Crippen LogP contribution in [0.3, 0.4) is 0 Å². The minimum Gasteiger partial charge on any atom is -0.472 e. The van der Waals surface area contributed by atoms with Gasteiger partial charge in [0.05, 0.1) is 19.8 Å². The molecule has 41 heavy (non-hydrogen) atoms. The first-order chi connectivity index (χ1) is 19.3. The minimum atomic E-state index is -0.918. The van der Waals surface area contributed by atoms with E-state index < -0.39 is 35.7 Å². The molecule has 0 radical (unpaired) electrons. The van der Waals surface area contributed by atoms with Gasteiger partial charge in [0.2, 0.25) is 11.8 Å². The summed E-state index contributed by atoms with van der Waals surface area (Å²) in [6.45, 7) is 14.2. The van der Waals surface area contributed by atoms with Gasteiger partial charge in [-0.05, 0) is 66.0 Å². The molecule has 0 saturated carbocycles. The van der Waals surface area contributed by atoms with Crippen LogP contribution in [0.5, 0.6) is 5.88 Å². The smallest absolute Gasteiger partial charge is 0.407 e. The highest BCUT2D eigenvalue weighted by Crippen LogP contribution is 2.33. The molecule has 1 saturated heterocycles. The molecule has 3 atom stereocenters. The number of aryl methyl sites for hydroxylation is 2. The number of carbonyl (C=O) groups excluding carboxylic acids is 3. The van der Waals surface area contributed by atoms with E-state index in [4.69, 9.17) is 14.2 Å². The predicted molar refractivity (Wildman–Crippen MR) is 157 cm³/mol. The fourth-order valence-corrected chi connectivity index (χ4v) is 5.68. The van der Waals surface area contributed by atoms with E-state index >= 15 is 0 Å². The number of cyclic esters (lactones) is 1. The highest BCUT2D eigenvalue weighted by atomic mass is 16.6. The number of rotatable bonds is 3. The Morgan fingerprint density at radius 1 is 1.20 bits per heavy atom. The third-order valence-corrected chi connectivity index (χ3v) is 8.05. The number of ether oxygens (including phenoxy) is 3. The van der Waals surface area contributed by atoms with Crippen LogP contribution < -0.4 is 10.1 Å². The van der Waals surface area contributed by atoms with Crippen molar-refractivity contribution in [2.24, 2.45) is 10.8 Å². The number of alkyl carbamates (subject to hydrolysis) is 1. The lowest BCUT2D eigenvalue weighted by molar-refractivity contribution is -0.154. The van der Waals surface area contributed by atoms with Crippen LogP contribution in [0.4, 0.5) is 4.79 Å². The van der Waals surface area contributed by atoms with Gasteiger partial charge in [0, 0.05) is 18.0 Å². The lowest BCUT2D eigenvalue weighted by Gasteiger charge is -2.35. The molecule has 2 amide bonds. The maximum absolute atomic E-state index is 14.0. The van der Waals surface area contributed by atoms with Crippen LogP contribution in [0.2, 0.25) is 0 Å². The van der Waals surface area contributed by atoms with Crippen LogP contribution in [-0.4, -0.2) is 65.8 Å². The molecule has 2 aromatic rings. The molecule has 9 heteroatoms. The first-order valence-electron chi connectivity index (χ1n) is 14.8. The Bertz CT molecular complexity index is 1280. The number of carbonyl (C=O) groups is 3. The van der Waals surface area contributed by atoms with Gasteiger partial charge < -0.3 is 24.4 Å². The number of nitrogens with one attached hydrogen (secondary N) is 1. The summed E-state index contributed by atoms with van der Waals surface area (Å²) in [4.78, 5) is 46.2. The van der Waals surface area contributed by atoms with Crippen LogP contribution in [0.15, 0.2) is 24.4 Å². The van der Waals surface area contributed by atoms with Crippen LogP contribution in [0.1, 0.15) is 78.9 Å². The fourth-order valence-electron chi connectivity index (χ4n) is 5.68. The number of esters is 1. The number of nitrogens with zero attached hydrogens (tertiary/aromatic N) is 2.